The Morgan fingerprint density at radius 1 is 0.958 bits per heavy atom. The van der Waals surface area contributed by atoms with Crippen molar-refractivity contribution in [1.82, 2.24) is 5.32 Å². The Morgan fingerprint density at radius 3 is 1.88 bits per heavy atom. The van der Waals surface area contributed by atoms with Crippen LogP contribution in [0.2, 0.25) is 0 Å². The van der Waals surface area contributed by atoms with Crippen LogP contribution in [0, 0.1) is 0 Å². The summed E-state index contributed by atoms with van der Waals surface area (Å²) < 4.78 is 0. The number of nitrogens with one attached hydrogen (secondary N) is 1. The van der Waals surface area contributed by atoms with Crippen molar-refractivity contribution in [2.75, 3.05) is 0 Å². The first-order valence-electron chi connectivity index (χ1n) is 8.26. The zero-order valence-corrected chi connectivity index (χ0v) is 13.8. The van der Waals surface area contributed by atoms with Crippen LogP contribution in [0.3, 0.4) is 0 Å². The predicted molar refractivity (Wildman–Crippen MR) is 93.8 cm³/mol. The molecule has 2 aromatic carbocycles. The van der Waals surface area contributed by atoms with Crippen LogP contribution in [-0.4, -0.2) is 23.0 Å². The molecule has 1 amide bonds. The number of amides is 1. The lowest BCUT2D eigenvalue weighted by Crippen LogP contribution is -2.43. The molecule has 2 N–H and O–H groups in total. The molecule has 0 aliphatic carbocycles. The smallest absolute Gasteiger partial charge is 0.326 e. The maximum atomic E-state index is 12.8. The second-order valence-corrected chi connectivity index (χ2v) is 5.80. The Labute approximate surface area is 142 Å². The average Bonchev–Trinajstić information content (AvgIpc) is 2.60. The number of unbranched alkanes of at least 4 members (excludes halogenated alkanes) is 1. The molecule has 0 saturated heterocycles. The van der Waals surface area contributed by atoms with E-state index in [2.05, 4.69) is 5.32 Å². The quantitative estimate of drug-likeness (QED) is 0.779. The molecule has 0 saturated carbocycles. The largest absolute Gasteiger partial charge is 0.480 e. The summed E-state index contributed by atoms with van der Waals surface area (Å²) in [6.45, 7) is 2.00. The topological polar surface area (TPSA) is 66.4 Å². The van der Waals surface area contributed by atoms with Crippen molar-refractivity contribution in [3.8, 4) is 0 Å². The van der Waals surface area contributed by atoms with Gasteiger partial charge in [0.2, 0.25) is 5.91 Å². The van der Waals surface area contributed by atoms with Crippen LogP contribution in [0.5, 0.6) is 0 Å². The first kappa shape index (κ1) is 17.7. The fraction of sp³-hybridized carbons (Fsp3) is 0.300. The Kier molecular flexibility index (Phi) is 6.55. The number of rotatable bonds is 8. The van der Waals surface area contributed by atoms with Gasteiger partial charge in [-0.15, -0.1) is 0 Å². The summed E-state index contributed by atoms with van der Waals surface area (Å²) in [6.07, 6.45) is 2.09. The van der Waals surface area contributed by atoms with E-state index in [0.29, 0.717) is 6.42 Å². The number of carbonyl (C=O) groups is 2. The van der Waals surface area contributed by atoms with Crippen molar-refractivity contribution in [3.05, 3.63) is 71.8 Å². The van der Waals surface area contributed by atoms with Crippen LogP contribution in [0.25, 0.3) is 0 Å². The third-order valence-corrected chi connectivity index (χ3v) is 3.99. The van der Waals surface area contributed by atoms with E-state index in [1.165, 1.54) is 0 Å². The Bertz CT molecular complexity index is 616. The van der Waals surface area contributed by atoms with Crippen LogP contribution in [-0.2, 0) is 9.59 Å². The number of carboxylic acid groups (broad SMARTS) is 1. The number of carboxylic acids is 1. The van der Waals surface area contributed by atoms with Gasteiger partial charge in [0.25, 0.3) is 0 Å². The van der Waals surface area contributed by atoms with E-state index in [-0.39, 0.29) is 5.91 Å². The van der Waals surface area contributed by atoms with Gasteiger partial charge in [0.15, 0.2) is 0 Å². The molecule has 4 nitrogen and oxygen atoms in total. The number of carbonyl (C=O) groups excluding carboxylic acids is 1. The summed E-state index contributed by atoms with van der Waals surface area (Å²) >= 11 is 0. The fourth-order valence-electron chi connectivity index (χ4n) is 2.71. The minimum Gasteiger partial charge on any atom is -0.480 e. The molecular formula is C20H23NO3. The normalized spacial score (nSPS) is 11.9. The fourth-order valence-corrected chi connectivity index (χ4v) is 2.71. The van der Waals surface area contributed by atoms with Crippen molar-refractivity contribution in [1.29, 1.82) is 0 Å². The Morgan fingerprint density at radius 2 is 1.46 bits per heavy atom. The highest BCUT2D eigenvalue weighted by molar-refractivity contribution is 5.90. The maximum Gasteiger partial charge on any atom is 0.326 e. The van der Waals surface area contributed by atoms with Crippen LogP contribution in [0.1, 0.15) is 43.2 Å². The van der Waals surface area contributed by atoms with Gasteiger partial charge >= 0.3 is 5.97 Å². The van der Waals surface area contributed by atoms with Crippen molar-refractivity contribution < 1.29 is 14.7 Å². The molecule has 2 aromatic rings. The molecule has 0 radical (unpaired) electrons. The molecule has 4 heteroatoms. The van der Waals surface area contributed by atoms with E-state index in [4.69, 9.17) is 0 Å². The third-order valence-electron chi connectivity index (χ3n) is 3.99. The first-order valence-corrected chi connectivity index (χ1v) is 8.26. The van der Waals surface area contributed by atoms with Gasteiger partial charge in [-0.05, 0) is 17.5 Å². The van der Waals surface area contributed by atoms with Gasteiger partial charge in [0, 0.05) is 0 Å². The van der Waals surface area contributed by atoms with Gasteiger partial charge in [-0.1, -0.05) is 80.4 Å². The summed E-state index contributed by atoms with van der Waals surface area (Å²) in [5.74, 6) is -1.79. The molecule has 1 atom stereocenters. The van der Waals surface area contributed by atoms with E-state index in [9.17, 15) is 14.7 Å². The second kappa shape index (κ2) is 8.87. The Balaban J connectivity index is 2.26. The maximum absolute atomic E-state index is 12.8. The van der Waals surface area contributed by atoms with Crippen molar-refractivity contribution in [2.24, 2.45) is 0 Å². The molecule has 0 fully saturated rings. The standard InChI is InChI=1S/C20H23NO3/c1-2-3-14-17(20(23)24)21-19(22)18(15-10-6-4-7-11-15)16-12-8-5-9-13-16/h4-13,17-18H,2-3,14H2,1H3,(H,21,22)(H,23,24)/t17-/m1/s1. The van der Waals surface area contributed by atoms with Crippen LogP contribution in [0.4, 0.5) is 0 Å². The zero-order chi connectivity index (χ0) is 17.4. The monoisotopic (exact) mass is 325 g/mol. The van der Waals surface area contributed by atoms with Crippen molar-refractivity contribution in [2.45, 2.75) is 38.1 Å². The second-order valence-electron chi connectivity index (χ2n) is 5.80. The van der Waals surface area contributed by atoms with Gasteiger partial charge in [-0.2, -0.15) is 0 Å². The summed E-state index contributed by atoms with van der Waals surface area (Å²) in [5.41, 5.74) is 1.70. The average molecular weight is 325 g/mol. The molecule has 0 aliphatic heterocycles. The van der Waals surface area contributed by atoms with Crippen LogP contribution < -0.4 is 5.32 Å². The van der Waals surface area contributed by atoms with Gasteiger partial charge in [0.05, 0.1) is 5.92 Å². The van der Waals surface area contributed by atoms with Crippen molar-refractivity contribution >= 4 is 11.9 Å². The lowest BCUT2D eigenvalue weighted by atomic mass is 9.90. The van der Waals surface area contributed by atoms with Gasteiger partial charge in [0.1, 0.15) is 6.04 Å². The molecule has 0 unspecified atom stereocenters. The molecule has 0 aromatic heterocycles. The summed E-state index contributed by atoms with van der Waals surface area (Å²) in [6, 6.07) is 18.0. The van der Waals surface area contributed by atoms with Crippen molar-refractivity contribution in [3.63, 3.8) is 0 Å². The minimum absolute atomic E-state index is 0.282. The van der Waals surface area contributed by atoms with E-state index >= 15 is 0 Å². The van der Waals surface area contributed by atoms with Gasteiger partial charge in [-0.3, -0.25) is 4.79 Å². The summed E-state index contributed by atoms with van der Waals surface area (Å²) in [7, 11) is 0. The predicted octanol–water partition coefficient (Wildman–Crippen LogP) is 3.58. The molecule has 2 rings (SSSR count). The van der Waals surface area contributed by atoms with Crippen LogP contribution in [0.15, 0.2) is 60.7 Å². The van der Waals surface area contributed by atoms with E-state index in [1.54, 1.807) is 0 Å². The molecule has 0 aliphatic rings. The molecular weight excluding hydrogens is 302 g/mol. The summed E-state index contributed by atoms with van der Waals surface area (Å²) in [4.78, 5) is 24.3. The Hall–Kier alpha value is -2.62. The number of hydrogen-bond donors (Lipinski definition) is 2. The zero-order valence-electron chi connectivity index (χ0n) is 13.8. The first-order chi connectivity index (χ1) is 11.6. The molecule has 126 valence electrons. The summed E-state index contributed by atoms with van der Waals surface area (Å²) in [5, 5.41) is 12.1. The minimum atomic E-state index is -0.989. The van der Waals surface area contributed by atoms with E-state index in [0.717, 1.165) is 24.0 Å². The lowest BCUT2D eigenvalue weighted by molar-refractivity contribution is -0.142. The highest BCUT2D eigenvalue weighted by Gasteiger charge is 2.27. The lowest BCUT2D eigenvalue weighted by Gasteiger charge is -2.21. The third kappa shape index (κ3) is 4.69. The SMILES string of the molecule is CCCC[C@@H](NC(=O)C(c1ccccc1)c1ccccc1)C(=O)O. The van der Waals surface area contributed by atoms with E-state index in [1.807, 2.05) is 67.6 Å². The van der Waals surface area contributed by atoms with Gasteiger partial charge < -0.3 is 10.4 Å². The highest BCUT2D eigenvalue weighted by atomic mass is 16.4. The van der Waals surface area contributed by atoms with E-state index < -0.39 is 17.9 Å². The molecule has 0 spiro atoms. The van der Waals surface area contributed by atoms with Gasteiger partial charge in [-0.25, -0.2) is 4.79 Å². The molecule has 0 heterocycles. The highest BCUT2D eigenvalue weighted by Crippen LogP contribution is 2.25. The number of benzene rings is 2. The van der Waals surface area contributed by atoms with Crippen LogP contribution >= 0.6 is 0 Å². The molecule has 24 heavy (non-hydrogen) atoms. The number of aliphatic carboxylic acids is 1. The number of hydrogen-bond acceptors (Lipinski definition) is 2. The molecule has 0 bridgehead atoms.